The van der Waals surface area contributed by atoms with Gasteiger partial charge in [-0.15, -0.1) is 0 Å². The van der Waals surface area contributed by atoms with Crippen LogP contribution in [0.25, 0.3) is 0 Å². The van der Waals surface area contributed by atoms with E-state index in [2.05, 4.69) is 5.32 Å². The van der Waals surface area contributed by atoms with Crippen molar-refractivity contribution >= 4 is 11.9 Å². The van der Waals surface area contributed by atoms with Crippen molar-refractivity contribution in [3.8, 4) is 5.75 Å². The molecule has 0 saturated carbocycles. The molecule has 1 atom stereocenters. The van der Waals surface area contributed by atoms with E-state index in [-0.39, 0.29) is 12.6 Å². The van der Waals surface area contributed by atoms with Gasteiger partial charge in [0, 0.05) is 25.2 Å². The fraction of sp³-hybridized carbons (Fsp3) is 0.500. The summed E-state index contributed by atoms with van der Waals surface area (Å²) in [5.74, 6) is 0.000927. The van der Waals surface area contributed by atoms with E-state index in [1.165, 1.54) is 0 Å². The number of benzene rings is 1. The van der Waals surface area contributed by atoms with Crippen LogP contribution in [0.1, 0.15) is 11.6 Å². The molecule has 1 fully saturated rings. The zero-order valence-electron chi connectivity index (χ0n) is 14.2. The number of rotatable bonds is 5. The Morgan fingerprint density at radius 2 is 2.08 bits per heavy atom. The molecular formula is C16H21F3N4O3. The van der Waals surface area contributed by atoms with Gasteiger partial charge in [0.15, 0.2) is 0 Å². The average Bonchev–Trinajstić information content (AvgIpc) is 2.60. The zero-order chi connectivity index (χ0) is 19.2. The van der Waals surface area contributed by atoms with E-state index in [1.54, 1.807) is 12.4 Å². The summed E-state index contributed by atoms with van der Waals surface area (Å²) in [6, 6.07) is 6.06. The number of imide groups is 1. The highest BCUT2D eigenvalue weighted by molar-refractivity contribution is 5.95. The molecule has 1 aliphatic rings. The highest BCUT2D eigenvalue weighted by Gasteiger charge is 2.30. The molecule has 3 amide bonds. The smallest absolute Gasteiger partial charge is 0.405 e. The van der Waals surface area contributed by atoms with Crippen molar-refractivity contribution < 1.29 is 27.5 Å². The van der Waals surface area contributed by atoms with Gasteiger partial charge in [0.25, 0.3) is 0 Å². The minimum Gasteiger partial charge on any atom is -0.496 e. The van der Waals surface area contributed by atoms with Gasteiger partial charge in [0.2, 0.25) is 5.91 Å². The summed E-state index contributed by atoms with van der Waals surface area (Å²) < 4.78 is 41.6. The van der Waals surface area contributed by atoms with Crippen LogP contribution in [0, 0.1) is 0 Å². The van der Waals surface area contributed by atoms with Crippen LogP contribution >= 0.6 is 0 Å². The van der Waals surface area contributed by atoms with Gasteiger partial charge in [-0.25, -0.2) is 4.79 Å². The molecule has 7 nitrogen and oxygen atoms in total. The van der Waals surface area contributed by atoms with Crippen LogP contribution in [0.2, 0.25) is 0 Å². The maximum Gasteiger partial charge on any atom is 0.405 e. The number of carbonyl (C=O) groups is 2. The molecule has 1 heterocycles. The van der Waals surface area contributed by atoms with Crippen molar-refractivity contribution in [2.45, 2.75) is 12.2 Å². The summed E-state index contributed by atoms with van der Waals surface area (Å²) in [5, 5.41) is 6.76. The van der Waals surface area contributed by atoms with Crippen molar-refractivity contribution in [3.05, 3.63) is 29.8 Å². The number of piperazine rings is 1. The van der Waals surface area contributed by atoms with E-state index >= 15 is 0 Å². The number of hydrogen-bond acceptors (Lipinski definition) is 5. The van der Waals surface area contributed by atoms with E-state index in [1.807, 2.05) is 34.5 Å². The number of halogens is 3. The average molecular weight is 374 g/mol. The first kappa shape index (κ1) is 20.0. The molecule has 10 heteroatoms. The normalized spacial score (nSPS) is 18.2. The lowest BCUT2D eigenvalue weighted by Gasteiger charge is -2.36. The van der Waals surface area contributed by atoms with E-state index in [9.17, 15) is 22.8 Å². The van der Waals surface area contributed by atoms with Crippen molar-refractivity contribution in [1.29, 1.82) is 0 Å². The Balaban J connectivity index is 1.97. The Hall–Kier alpha value is -2.33. The molecule has 0 spiro atoms. The van der Waals surface area contributed by atoms with Crippen LogP contribution in [0.3, 0.4) is 0 Å². The van der Waals surface area contributed by atoms with Gasteiger partial charge in [0.1, 0.15) is 12.3 Å². The molecule has 1 aromatic carbocycles. The van der Waals surface area contributed by atoms with Gasteiger partial charge in [-0.2, -0.15) is 13.2 Å². The Labute approximate surface area is 148 Å². The van der Waals surface area contributed by atoms with Crippen LogP contribution in [-0.2, 0) is 4.79 Å². The van der Waals surface area contributed by atoms with Crippen LogP contribution in [-0.4, -0.2) is 62.8 Å². The number of urea groups is 1. The van der Waals surface area contributed by atoms with Crippen molar-refractivity contribution in [1.82, 2.24) is 20.9 Å². The molecule has 1 aromatic rings. The van der Waals surface area contributed by atoms with Crippen LogP contribution in [0.4, 0.5) is 18.0 Å². The number of hydrogen-bond donors (Lipinski definition) is 3. The van der Waals surface area contributed by atoms with Gasteiger partial charge >= 0.3 is 12.2 Å². The minimum absolute atomic E-state index is 0.121. The highest BCUT2D eigenvalue weighted by atomic mass is 19.4. The second-order valence-electron chi connectivity index (χ2n) is 5.78. The molecule has 26 heavy (non-hydrogen) atoms. The molecular weight excluding hydrogens is 353 g/mol. The van der Waals surface area contributed by atoms with Gasteiger partial charge < -0.3 is 15.4 Å². The molecule has 0 aromatic heterocycles. The zero-order valence-corrected chi connectivity index (χ0v) is 14.2. The molecule has 1 aliphatic heterocycles. The van der Waals surface area contributed by atoms with Crippen LogP contribution < -0.4 is 20.7 Å². The van der Waals surface area contributed by atoms with E-state index in [4.69, 9.17) is 4.74 Å². The summed E-state index contributed by atoms with van der Waals surface area (Å²) >= 11 is 0. The third kappa shape index (κ3) is 5.88. The third-order valence-electron chi connectivity index (χ3n) is 3.90. The third-order valence-corrected chi connectivity index (χ3v) is 3.90. The maximum absolute atomic E-state index is 12.1. The number of amides is 3. The predicted molar refractivity (Wildman–Crippen MR) is 87.8 cm³/mol. The summed E-state index contributed by atoms with van der Waals surface area (Å²) in [5.41, 5.74) is 0.886. The standard InChI is InChI=1S/C16H21F3N4O3/c1-26-13-5-3-2-4-11(13)12-8-20-6-7-23(12)9-14(24)22-15(25)21-10-16(17,18)19/h2-5,12,20H,6-10H2,1H3,(H2,21,22,24,25). The molecule has 144 valence electrons. The lowest BCUT2D eigenvalue weighted by atomic mass is 10.0. The number of methoxy groups -OCH3 is 1. The number of nitrogens with zero attached hydrogens (tertiary/aromatic N) is 1. The Morgan fingerprint density at radius 3 is 2.77 bits per heavy atom. The van der Waals surface area contributed by atoms with Gasteiger partial charge in [-0.05, 0) is 6.07 Å². The van der Waals surface area contributed by atoms with Crippen molar-refractivity contribution in [2.75, 3.05) is 39.8 Å². The first-order chi connectivity index (χ1) is 12.3. The summed E-state index contributed by atoms with van der Waals surface area (Å²) in [7, 11) is 1.55. The topological polar surface area (TPSA) is 82.7 Å². The summed E-state index contributed by atoms with van der Waals surface area (Å²) in [4.78, 5) is 25.3. The molecule has 1 saturated heterocycles. The summed E-state index contributed by atoms with van der Waals surface area (Å²) in [6.45, 7) is 0.154. The summed E-state index contributed by atoms with van der Waals surface area (Å²) in [6.07, 6.45) is -4.53. The lowest BCUT2D eigenvalue weighted by Crippen LogP contribution is -2.51. The number of ether oxygens (including phenoxy) is 1. The Morgan fingerprint density at radius 1 is 1.35 bits per heavy atom. The van der Waals surface area contributed by atoms with Gasteiger partial charge in [-0.3, -0.25) is 15.0 Å². The fourth-order valence-corrected chi connectivity index (χ4v) is 2.76. The second-order valence-corrected chi connectivity index (χ2v) is 5.78. The Kier molecular flexibility index (Phi) is 6.81. The fourth-order valence-electron chi connectivity index (χ4n) is 2.76. The van der Waals surface area contributed by atoms with E-state index in [0.29, 0.717) is 25.4 Å². The number of para-hydroxylation sites is 1. The highest BCUT2D eigenvalue weighted by Crippen LogP contribution is 2.29. The molecule has 0 radical (unpaired) electrons. The first-order valence-corrected chi connectivity index (χ1v) is 8.02. The molecule has 3 N–H and O–H groups in total. The molecule has 0 bridgehead atoms. The number of nitrogens with one attached hydrogen (secondary N) is 3. The van der Waals surface area contributed by atoms with Gasteiger partial charge in [-0.1, -0.05) is 18.2 Å². The number of carbonyl (C=O) groups excluding carboxylic acids is 2. The number of alkyl halides is 3. The quantitative estimate of drug-likeness (QED) is 0.717. The first-order valence-electron chi connectivity index (χ1n) is 8.02. The lowest BCUT2D eigenvalue weighted by molar-refractivity contribution is -0.125. The van der Waals surface area contributed by atoms with Gasteiger partial charge in [0.05, 0.1) is 19.7 Å². The monoisotopic (exact) mass is 374 g/mol. The largest absolute Gasteiger partial charge is 0.496 e. The SMILES string of the molecule is COc1ccccc1C1CNCCN1CC(=O)NC(=O)NCC(F)(F)F. The van der Waals surface area contributed by atoms with Crippen molar-refractivity contribution in [2.24, 2.45) is 0 Å². The molecule has 0 aliphatic carbocycles. The molecule has 1 unspecified atom stereocenters. The minimum atomic E-state index is -4.53. The van der Waals surface area contributed by atoms with E-state index < -0.39 is 24.7 Å². The van der Waals surface area contributed by atoms with Crippen LogP contribution in [0.15, 0.2) is 24.3 Å². The maximum atomic E-state index is 12.1. The molecule has 2 rings (SSSR count). The Bertz CT molecular complexity index is 639. The van der Waals surface area contributed by atoms with Crippen LogP contribution in [0.5, 0.6) is 5.75 Å². The predicted octanol–water partition coefficient (Wildman–Crippen LogP) is 1.03. The van der Waals surface area contributed by atoms with Crippen molar-refractivity contribution in [3.63, 3.8) is 0 Å². The van der Waals surface area contributed by atoms with E-state index in [0.717, 1.165) is 5.56 Å². The second kappa shape index (κ2) is 8.86.